The highest BCUT2D eigenvalue weighted by molar-refractivity contribution is 7.89. The molecular weight excluding hydrogens is 386 g/mol. The molecule has 0 saturated carbocycles. The number of ether oxygens (including phenoxy) is 1. The molecule has 1 fully saturated rings. The first-order valence-electron chi connectivity index (χ1n) is 9.69. The molecule has 29 heavy (non-hydrogen) atoms. The van der Waals surface area contributed by atoms with Gasteiger partial charge in [0.1, 0.15) is 4.90 Å². The second kappa shape index (κ2) is 8.10. The molecule has 6 nitrogen and oxygen atoms in total. The normalized spacial score (nSPS) is 15.2. The van der Waals surface area contributed by atoms with Crippen LogP contribution < -0.4 is 4.90 Å². The van der Waals surface area contributed by atoms with E-state index in [-0.39, 0.29) is 11.4 Å². The summed E-state index contributed by atoms with van der Waals surface area (Å²) in [6.45, 7) is 5.22. The van der Waals surface area contributed by atoms with E-state index in [2.05, 4.69) is 9.88 Å². The second-order valence-corrected chi connectivity index (χ2v) is 9.34. The van der Waals surface area contributed by atoms with Crippen molar-refractivity contribution in [2.75, 3.05) is 38.3 Å². The molecule has 4 rings (SSSR count). The van der Waals surface area contributed by atoms with Crippen molar-refractivity contribution in [1.29, 1.82) is 0 Å². The van der Waals surface area contributed by atoms with Gasteiger partial charge in [-0.25, -0.2) is 8.42 Å². The van der Waals surface area contributed by atoms with Crippen LogP contribution >= 0.6 is 0 Å². The van der Waals surface area contributed by atoms with Gasteiger partial charge in [-0.3, -0.25) is 4.98 Å². The number of sulfonamides is 1. The van der Waals surface area contributed by atoms with Crippen LogP contribution in [0.3, 0.4) is 0 Å². The molecule has 0 N–H and O–H groups in total. The van der Waals surface area contributed by atoms with E-state index < -0.39 is 10.0 Å². The third-order valence-electron chi connectivity index (χ3n) is 5.24. The Hall–Kier alpha value is -2.48. The molecule has 0 unspecified atom stereocenters. The van der Waals surface area contributed by atoms with E-state index in [0.717, 1.165) is 35.3 Å². The Kier molecular flexibility index (Phi) is 5.54. The van der Waals surface area contributed by atoms with Crippen molar-refractivity contribution in [2.24, 2.45) is 0 Å². The maximum absolute atomic E-state index is 13.4. The predicted molar refractivity (Wildman–Crippen MR) is 115 cm³/mol. The number of anilines is 1. The summed E-state index contributed by atoms with van der Waals surface area (Å²) in [4.78, 5) is 6.89. The number of hydrogen-bond acceptors (Lipinski definition) is 5. The van der Waals surface area contributed by atoms with Crippen LogP contribution in [0.2, 0.25) is 0 Å². The molecule has 7 heteroatoms. The van der Waals surface area contributed by atoms with E-state index in [1.165, 1.54) is 4.31 Å². The second-order valence-electron chi connectivity index (χ2n) is 7.33. The lowest BCUT2D eigenvalue weighted by molar-refractivity contribution is 0.122. The first kappa shape index (κ1) is 19.8. The van der Waals surface area contributed by atoms with E-state index >= 15 is 0 Å². The average molecular weight is 412 g/mol. The monoisotopic (exact) mass is 411 g/mol. The topological polar surface area (TPSA) is 62.7 Å². The molecule has 0 radical (unpaired) electrons. The summed E-state index contributed by atoms with van der Waals surface area (Å²) < 4.78 is 33.6. The summed E-state index contributed by atoms with van der Waals surface area (Å²) in [7, 11) is -2.07. The zero-order chi connectivity index (χ0) is 20.4. The van der Waals surface area contributed by atoms with Gasteiger partial charge in [-0.05, 0) is 36.2 Å². The standard InChI is InChI=1S/C22H25N3O3S/c1-17-14-18-7-5-9-21(22(18)23-15-17)29(26,27)24(2)16-19-6-3-4-8-20(19)25-10-12-28-13-11-25/h3-9,14-15H,10-13,16H2,1-2H3. The molecule has 1 aliphatic heterocycles. The molecule has 0 atom stereocenters. The molecule has 0 bridgehead atoms. The Morgan fingerprint density at radius 3 is 2.66 bits per heavy atom. The number of benzene rings is 2. The number of fused-ring (bicyclic) bond motifs is 1. The predicted octanol–water partition coefficient (Wildman–Crippen LogP) is 3.20. The number of hydrogen-bond donors (Lipinski definition) is 0. The van der Waals surface area contributed by atoms with Crippen molar-refractivity contribution >= 4 is 26.6 Å². The van der Waals surface area contributed by atoms with Crippen LogP contribution in [-0.2, 0) is 21.3 Å². The summed E-state index contributed by atoms with van der Waals surface area (Å²) in [5, 5.41) is 0.827. The van der Waals surface area contributed by atoms with Gasteiger partial charge >= 0.3 is 0 Å². The van der Waals surface area contributed by atoms with Crippen molar-refractivity contribution < 1.29 is 13.2 Å². The van der Waals surface area contributed by atoms with Crippen LogP contribution in [0.4, 0.5) is 5.69 Å². The minimum absolute atomic E-state index is 0.237. The van der Waals surface area contributed by atoms with Gasteiger partial charge in [-0.1, -0.05) is 30.3 Å². The minimum atomic E-state index is -3.70. The molecule has 1 saturated heterocycles. The van der Waals surface area contributed by atoms with Crippen LogP contribution in [0.5, 0.6) is 0 Å². The molecule has 1 aromatic heterocycles. The summed E-state index contributed by atoms with van der Waals surface area (Å²) in [5.74, 6) is 0. The lowest BCUT2D eigenvalue weighted by atomic mass is 10.1. The number of para-hydroxylation sites is 2. The first-order chi connectivity index (χ1) is 14.0. The van der Waals surface area contributed by atoms with Crippen molar-refractivity contribution in [3.05, 3.63) is 65.9 Å². The van der Waals surface area contributed by atoms with Crippen molar-refractivity contribution in [3.8, 4) is 0 Å². The molecule has 0 aliphatic carbocycles. The highest BCUT2D eigenvalue weighted by Crippen LogP contribution is 2.28. The highest BCUT2D eigenvalue weighted by atomic mass is 32.2. The van der Waals surface area contributed by atoms with E-state index in [1.54, 1.807) is 25.4 Å². The van der Waals surface area contributed by atoms with Gasteiger partial charge in [0.2, 0.25) is 10.0 Å². The Morgan fingerprint density at radius 2 is 1.86 bits per heavy atom. The molecule has 2 aromatic carbocycles. The number of pyridine rings is 1. The van der Waals surface area contributed by atoms with Crippen LogP contribution in [0, 0.1) is 6.92 Å². The fourth-order valence-corrected chi connectivity index (χ4v) is 5.01. The SMILES string of the molecule is Cc1cnc2c(S(=O)(=O)N(C)Cc3ccccc3N3CCOCC3)cccc2c1. The third-order valence-corrected chi connectivity index (χ3v) is 7.07. The van der Waals surface area contributed by atoms with Gasteiger partial charge in [-0.2, -0.15) is 4.31 Å². The number of rotatable bonds is 5. The Bertz CT molecular complexity index is 1130. The summed E-state index contributed by atoms with van der Waals surface area (Å²) in [5.41, 5.74) is 3.54. The van der Waals surface area contributed by atoms with Crippen LogP contribution in [0.1, 0.15) is 11.1 Å². The maximum atomic E-state index is 13.4. The van der Waals surface area contributed by atoms with E-state index in [4.69, 9.17) is 4.74 Å². The number of aryl methyl sites for hydroxylation is 1. The van der Waals surface area contributed by atoms with Gasteiger partial charge in [-0.15, -0.1) is 0 Å². The van der Waals surface area contributed by atoms with E-state index in [9.17, 15) is 8.42 Å². The molecule has 2 heterocycles. The first-order valence-corrected chi connectivity index (χ1v) is 11.1. The molecule has 1 aliphatic rings. The molecule has 0 spiro atoms. The van der Waals surface area contributed by atoms with Gasteiger partial charge in [0.25, 0.3) is 0 Å². The van der Waals surface area contributed by atoms with Crippen molar-refractivity contribution in [3.63, 3.8) is 0 Å². The molecule has 0 amide bonds. The van der Waals surface area contributed by atoms with Crippen molar-refractivity contribution in [1.82, 2.24) is 9.29 Å². The maximum Gasteiger partial charge on any atom is 0.245 e. The Labute approximate surface area is 171 Å². The Balaban J connectivity index is 1.66. The molecule has 3 aromatic rings. The fraction of sp³-hybridized carbons (Fsp3) is 0.318. The van der Waals surface area contributed by atoms with Gasteiger partial charge in [0, 0.05) is 44.0 Å². The molecular formula is C22H25N3O3S. The third kappa shape index (κ3) is 3.99. The average Bonchev–Trinajstić information content (AvgIpc) is 2.74. The minimum Gasteiger partial charge on any atom is -0.378 e. The summed E-state index contributed by atoms with van der Waals surface area (Å²) in [6.07, 6.45) is 1.70. The van der Waals surface area contributed by atoms with Gasteiger partial charge < -0.3 is 9.64 Å². The molecule has 152 valence electrons. The summed E-state index contributed by atoms with van der Waals surface area (Å²) >= 11 is 0. The van der Waals surface area contributed by atoms with E-state index in [1.807, 2.05) is 43.3 Å². The van der Waals surface area contributed by atoms with Gasteiger partial charge in [0.05, 0.1) is 18.7 Å². The number of aromatic nitrogens is 1. The lowest BCUT2D eigenvalue weighted by Gasteiger charge is -2.31. The zero-order valence-corrected chi connectivity index (χ0v) is 17.5. The van der Waals surface area contributed by atoms with Crippen LogP contribution in [-0.4, -0.2) is 51.1 Å². The van der Waals surface area contributed by atoms with Gasteiger partial charge in [0.15, 0.2) is 0 Å². The summed E-state index contributed by atoms with van der Waals surface area (Å²) in [6, 6.07) is 15.2. The van der Waals surface area contributed by atoms with Crippen LogP contribution in [0.15, 0.2) is 59.6 Å². The Morgan fingerprint density at radius 1 is 1.10 bits per heavy atom. The van der Waals surface area contributed by atoms with Crippen LogP contribution in [0.25, 0.3) is 10.9 Å². The lowest BCUT2D eigenvalue weighted by Crippen LogP contribution is -2.37. The highest BCUT2D eigenvalue weighted by Gasteiger charge is 2.25. The largest absolute Gasteiger partial charge is 0.378 e. The van der Waals surface area contributed by atoms with E-state index in [0.29, 0.717) is 18.7 Å². The van der Waals surface area contributed by atoms with Crippen molar-refractivity contribution in [2.45, 2.75) is 18.4 Å². The smallest absolute Gasteiger partial charge is 0.245 e. The number of nitrogens with zero attached hydrogens (tertiary/aromatic N) is 3. The number of morpholine rings is 1. The fourth-order valence-electron chi connectivity index (χ4n) is 3.70. The quantitative estimate of drug-likeness (QED) is 0.645. The zero-order valence-electron chi connectivity index (χ0n) is 16.7.